The topological polar surface area (TPSA) is 61.5 Å². The zero-order valence-electron chi connectivity index (χ0n) is 11.7. The van der Waals surface area contributed by atoms with Crippen molar-refractivity contribution in [2.24, 2.45) is 11.7 Å². The van der Waals surface area contributed by atoms with Gasteiger partial charge in [-0.2, -0.15) is 0 Å². The fraction of sp³-hybridized carbons (Fsp3) is 0.533. The number of carbonyl (C=O) groups excluding carboxylic acids is 1. The van der Waals surface area contributed by atoms with E-state index in [0.29, 0.717) is 12.4 Å². The van der Waals surface area contributed by atoms with E-state index in [0.717, 1.165) is 24.0 Å². The number of rotatable bonds is 5. The second-order valence-electron chi connectivity index (χ2n) is 5.07. The molecule has 1 unspecified atom stereocenters. The second-order valence-corrected chi connectivity index (χ2v) is 5.07. The summed E-state index contributed by atoms with van der Waals surface area (Å²) in [5, 5.41) is 0. The number of benzene rings is 1. The Morgan fingerprint density at radius 3 is 2.68 bits per heavy atom. The summed E-state index contributed by atoms with van der Waals surface area (Å²) in [6, 6.07) is 5.72. The lowest BCUT2D eigenvalue weighted by atomic mass is 9.84. The van der Waals surface area contributed by atoms with Crippen molar-refractivity contribution >= 4 is 5.97 Å². The van der Waals surface area contributed by atoms with E-state index >= 15 is 0 Å². The normalized spacial score (nSPS) is 17.7. The molecule has 0 radical (unpaired) electrons. The van der Waals surface area contributed by atoms with Crippen LogP contribution in [0.3, 0.4) is 0 Å². The molecule has 1 atom stereocenters. The van der Waals surface area contributed by atoms with Crippen LogP contribution in [0.5, 0.6) is 5.75 Å². The molecule has 19 heavy (non-hydrogen) atoms. The van der Waals surface area contributed by atoms with E-state index in [4.69, 9.17) is 15.2 Å². The molecule has 4 heteroatoms. The third-order valence-corrected chi connectivity index (χ3v) is 3.64. The molecular weight excluding hydrogens is 242 g/mol. The summed E-state index contributed by atoms with van der Waals surface area (Å²) >= 11 is 0. The zero-order valence-corrected chi connectivity index (χ0v) is 11.7. The molecule has 0 spiro atoms. The standard InChI is InChI=1S/C15H21NO3/c1-4-19-14(17)15(16,11-6-7-11)12-9-10(2)5-8-13(12)18-3/h5,8-9,11H,4,6-7,16H2,1-3H3. The SMILES string of the molecule is CCOC(=O)C(N)(c1cc(C)ccc1OC)C1CC1. The van der Waals surface area contributed by atoms with Crippen molar-refractivity contribution in [2.75, 3.05) is 13.7 Å². The summed E-state index contributed by atoms with van der Waals surface area (Å²) in [7, 11) is 1.59. The van der Waals surface area contributed by atoms with Gasteiger partial charge in [-0.1, -0.05) is 11.6 Å². The molecule has 1 aromatic carbocycles. The highest BCUT2D eigenvalue weighted by Crippen LogP contribution is 2.47. The maximum absolute atomic E-state index is 12.3. The van der Waals surface area contributed by atoms with E-state index < -0.39 is 5.54 Å². The molecule has 2 rings (SSSR count). The minimum Gasteiger partial charge on any atom is -0.496 e. The van der Waals surface area contributed by atoms with Crippen LogP contribution in [0.4, 0.5) is 0 Å². The van der Waals surface area contributed by atoms with Gasteiger partial charge in [0.2, 0.25) is 0 Å². The highest BCUT2D eigenvalue weighted by Gasteiger charge is 2.51. The van der Waals surface area contributed by atoms with Crippen LogP contribution < -0.4 is 10.5 Å². The van der Waals surface area contributed by atoms with Crippen molar-refractivity contribution in [2.45, 2.75) is 32.2 Å². The number of methoxy groups -OCH3 is 1. The summed E-state index contributed by atoms with van der Waals surface area (Å²) < 4.78 is 10.5. The number of hydrogen-bond acceptors (Lipinski definition) is 4. The van der Waals surface area contributed by atoms with E-state index in [9.17, 15) is 4.79 Å². The van der Waals surface area contributed by atoms with Crippen LogP contribution in [0, 0.1) is 12.8 Å². The fourth-order valence-electron chi connectivity index (χ4n) is 2.43. The highest BCUT2D eigenvalue weighted by atomic mass is 16.5. The average molecular weight is 263 g/mol. The Hall–Kier alpha value is -1.55. The van der Waals surface area contributed by atoms with Crippen LogP contribution in [0.1, 0.15) is 30.9 Å². The maximum Gasteiger partial charge on any atom is 0.331 e. The number of esters is 1. The van der Waals surface area contributed by atoms with E-state index in [-0.39, 0.29) is 11.9 Å². The third kappa shape index (κ3) is 2.45. The van der Waals surface area contributed by atoms with Crippen LogP contribution in [-0.2, 0) is 15.1 Å². The van der Waals surface area contributed by atoms with E-state index in [2.05, 4.69) is 0 Å². The van der Waals surface area contributed by atoms with Gasteiger partial charge in [0.05, 0.1) is 13.7 Å². The molecule has 1 fully saturated rings. The predicted octanol–water partition coefficient (Wildman–Crippen LogP) is 2.13. The number of aryl methyl sites for hydroxylation is 1. The zero-order chi connectivity index (χ0) is 14.0. The first-order valence-corrected chi connectivity index (χ1v) is 6.65. The van der Waals surface area contributed by atoms with Crippen molar-refractivity contribution in [1.29, 1.82) is 0 Å². The number of nitrogens with two attached hydrogens (primary N) is 1. The number of ether oxygens (including phenoxy) is 2. The van der Waals surface area contributed by atoms with Crippen molar-refractivity contribution in [3.63, 3.8) is 0 Å². The summed E-state index contributed by atoms with van der Waals surface area (Å²) in [6.45, 7) is 4.10. The fourth-order valence-corrected chi connectivity index (χ4v) is 2.43. The Bertz CT molecular complexity index is 482. The molecule has 1 aromatic rings. The molecule has 104 valence electrons. The largest absolute Gasteiger partial charge is 0.496 e. The molecule has 0 aromatic heterocycles. The Kier molecular flexibility index (Phi) is 3.80. The van der Waals surface area contributed by atoms with Gasteiger partial charge in [-0.3, -0.25) is 0 Å². The quantitative estimate of drug-likeness (QED) is 0.827. The first-order chi connectivity index (χ1) is 9.03. The first-order valence-electron chi connectivity index (χ1n) is 6.65. The maximum atomic E-state index is 12.3. The smallest absolute Gasteiger partial charge is 0.331 e. The Morgan fingerprint density at radius 2 is 2.16 bits per heavy atom. The number of hydrogen-bond donors (Lipinski definition) is 1. The van der Waals surface area contributed by atoms with Gasteiger partial charge in [-0.05, 0) is 44.7 Å². The summed E-state index contributed by atoms with van der Waals surface area (Å²) in [4.78, 5) is 12.3. The molecule has 1 saturated carbocycles. The lowest BCUT2D eigenvalue weighted by Gasteiger charge is -2.29. The molecule has 1 aliphatic carbocycles. The molecule has 1 aliphatic rings. The molecular formula is C15H21NO3. The molecule has 0 amide bonds. The lowest BCUT2D eigenvalue weighted by Crippen LogP contribution is -2.48. The first kappa shape index (κ1) is 13.9. The summed E-state index contributed by atoms with van der Waals surface area (Å²) in [5.41, 5.74) is 7.14. The highest BCUT2D eigenvalue weighted by molar-refractivity contribution is 5.84. The summed E-state index contributed by atoms with van der Waals surface area (Å²) in [5.74, 6) is 0.428. The Labute approximate surface area is 113 Å². The van der Waals surface area contributed by atoms with Crippen molar-refractivity contribution in [3.8, 4) is 5.75 Å². The van der Waals surface area contributed by atoms with Gasteiger partial charge in [0.25, 0.3) is 0 Å². The van der Waals surface area contributed by atoms with E-state index in [1.165, 1.54) is 0 Å². The van der Waals surface area contributed by atoms with Gasteiger partial charge in [0.15, 0.2) is 0 Å². The molecule has 4 nitrogen and oxygen atoms in total. The summed E-state index contributed by atoms with van der Waals surface area (Å²) in [6.07, 6.45) is 1.90. The van der Waals surface area contributed by atoms with E-state index in [1.54, 1.807) is 14.0 Å². The van der Waals surface area contributed by atoms with Gasteiger partial charge >= 0.3 is 5.97 Å². The van der Waals surface area contributed by atoms with Crippen LogP contribution in [0.15, 0.2) is 18.2 Å². The van der Waals surface area contributed by atoms with Crippen LogP contribution in [0.2, 0.25) is 0 Å². The number of carbonyl (C=O) groups is 1. The second kappa shape index (κ2) is 5.21. The van der Waals surface area contributed by atoms with Gasteiger partial charge in [-0.15, -0.1) is 0 Å². The van der Waals surface area contributed by atoms with Crippen LogP contribution in [0.25, 0.3) is 0 Å². The Balaban J connectivity index is 2.49. The minimum atomic E-state index is -1.09. The van der Waals surface area contributed by atoms with Gasteiger partial charge in [0.1, 0.15) is 11.3 Å². The molecule has 0 heterocycles. The van der Waals surface area contributed by atoms with Crippen LogP contribution in [-0.4, -0.2) is 19.7 Å². The van der Waals surface area contributed by atoms with E-state index in [1.807, 2.05) is 25.1 Å². The monoisotopic (exact) mass is 263 g/mol. The van der Waals surface area contributed by atoms with Gasteiger partial charge < -0.3 is 15.2 Å². The van der Waals surface area contributed by atoms with Crippen LogP contribution >= 0.6 is 0 Å². The molecule has 2 N–H and O–H groups in total. The lowest BCUT2D eigenvalue weighted by molar-refractivity contribution is -0.151. The third-order valence-electron chi connectivity index (χ3n) is 3.64. The van der Waals surface area contributed by atoms with Crippen molar-refractivity contribution < 1.29 is 14.3 Å². The van der Waals surface area contributed by atoms with Gasteiger partial charge in [0, 0.05) is 5.56 Å². The predicted molar refractivity (Wildman–Crippen MR) is 73.0 cm³/mol. The molecule has 0 aliphatic heterocycles. The average Bonchev–Trinajstić information content (AvgIpc) is 3.22. The minimum absolute atomic E-state index is 0.141. The van der Waals surface area contributed by atoms with Crippen molar-refractivity contribution in [1.82, 2.24) is 0 Å². The molecule has 0 bridgehead atoms. The molecule has 0 saturated heterocycles. The van der Waals surface area contributed by atoms with Crippen molar-refractivity contribution in [3.05, 3.63) is 29.3 Å². The van der Waals surface area contributed by atoms with Gasteiger partial charge in [-0.25, -0.2) is 4.79 Å². The Morgan fingerprint density at radius 1 is 1.47 bits per heavy atom.